The zero-order chi connectivity index (χ0) is 15.8. The van der Waals surface area contributed by atoms with Crippen LogP contribution in [-0.4, -0.2) is 27.7 Å². The number of aryl methyl sites for hydroxylation is 1. The molecular weight excluding hydrogens is 289 g/mol. The van der Waals surface area contributed by atoms with Crippen LogP contribution in [0.3, 0.4) is 0 Å². The van der Waals surface area contributed by atoms with Gasteiger partial charge in [-0.25, -0.2) is 4.39 Å². The van der Waals surface area contributed by atoms with Gasteiger partial charge in [0.15, 0.2) is 5.82 Å². The third-order valence-electron chi connectivity index (χ3n) is 3.10. The Labute approximate surface area is 127 Å². The molecule has 0 saturated carbocycles. The minimum Gasteiger partial charge on any atom is -0.387 e. The summed E-state index contributed by atoms with van der Waals surface area (Å²) in [6, 6.07) is 6.28. The third kappa shape index (κ3) is 5.25. The molecule has 0 saturated heterocycles. The van der Waals surface area contributed by atoms with Gasteiger partial charge in [0.2, 0.25) is 5.91 Å². The molecule has 7 heteroatoms. The number of nitrogens with zero attached hydrogens (tertiary/aromatic N) is 2. The summed E-state index contributed by atoms with van der Waals surface area (Å²) >= 11 is 0. The van der Waals surface area contributed by atoms with Crippen LogP contribution in [0.2, 0.25) is 0 Å². The first-order valence-electron chi connectivity index (χ1n) is 7.11. The van der Waals surface area contributed by atoms with Crippen molar-refractivity contribution in [2.45, 2.75) is 32.3 Å². The predicted octanol–water partition coefficient (Wildman–Crippen LogP) is 1.38. The van der Waals surface area contributed by atoms with E-state index in [9.17, 15) is 9.18 Å². The Balaban J connectivity index is 1.60. The van der Waals surface area contributed by atoms with Crippen molar-refractivity contribution in [3.8, 4) is 0 Å². The molecule has 0 atom stereocenters. The van der Waals surface area contributed by atoms with E-state index in [4.69, 9.17) is 9.63 Å². The number of aliphatic hydroxyl groups is 1. The van der Waals surface area contributed by atoms with Gasteiger partial charge in [-0.05, 0) is 30.5 Å². The molecule has 118 valence electrons. The van der Waals surface area contributed by atoms with Crippen molar-refractivity contribution in [3.63, 3.8) is 0 Å². The van der Waals surface area contributed by atoms with E-state index in [1.165, 1.54) is 12.1 Å². The van der Waals surface area contributed by atoms with Gasteiger partial charge in [0.25, 0.3) is 5.89 Å². The average molecular weight is 307 g/mol. The van der Waals surface area contributed by atoms with Gasteiger partial charge in [-0.2, -0.15) is 4.98 Å². The van der Waals surface area contributed by atoms with E-state index in [0.717, 1.165) is 12.0 Å². The molecule has 0 spiro atoms. The third-order valence-corrected chi connectivity index (χ3v) is 3.10. The molecule has 0 bridgehead atoms. The van der Waals surface area contributed by atoms with E-state index in [1.54, 1.807) is 12.1 Å². The fraction of sp³-hybridized carbons (Fsp3) is 0.400. The lowest BCUT2D eigenvalue weighted by Crippen LogP contribution is -2.25. The molecule has 0 aliphatic rings. The number of hydrogen-bond donors (Lipinski definition) is 2. The van der Waals surface area contributed by atoms with E-state index in [1.807, 2.05) is 0 Å². The molecule has 1 aromatic heterocycles. The van der Waals surface area contributed by atoms with Crippen molar-refractivity contribution in [2.24, 2.45) is 0 Å². The van der Waals surface area contributed by atoms with Crippen LogP contribution in [0.5, 0.6) is 0 Å². The first-order valence-corrected chi connectivity index (χ1v) is 7.11. The zero-order valence-electron chi connectivity index (χ0n) is 12.1. The molecule has 6 nitrogen and oxygen atoms in total. The standard InChI is InChI=1S/C15H18FN3O3/c16-12-6-4-11(5-7-12)2-1-3-14(21)17-9-8-13-18-15(10-20)22-19-13/h4-7,20H,1-3,8-10H2,(H,17,21). The summed E-state index contributed by atoms with van der Waals surface area (Å²) in [5.41, 5.74) is 1.01. The van der Waals surface area contributed by atoms with Crippen molar-refractivity contribution < 1.29 is 18.8 Å². The zero-order valence-corrected chi connectivity index (χ0v) is 12.1. The molecule has 0 unspecified atom stereocenters. The van der Waals surface area contributed by atoms with Crippen molar-refractivity contribution >= 4 is 5.91 Å². The number of carbonyl (C=O) groups is 1. The monoisotopic (exact) mass is 307 g/mol. The molecule has 2 rings (SSSR count). The quantitative estimate of drug-likeness (QED) is 0.769. The van der Waals surface area contributed by atoms with Crippen LogP contribution in [0.15, 0.2) is 28.8 Å². The Morgan fingerprint density at radius 2 is 2.05 bits per heavy atom. The Kier molecular flexibility index (Phi) is 6.02. The number of nitrogens with one attached hydrogen (secondary N) is 1. The SMILES string of the molecule is O=C(CCCc1ccc(F)cc1)NCCc1noc(CO)n1. The van der Waals surface area contributed by atoms with Crippen molar-refractivity contribution in [1.82, 2.24) is 15.5 Å². The minimum atomic E-state index is -0.289. The summed E-state index contributed by atoms with van der Waals surface area (Å²) in [6.45, 7) is 0.128. The van der Waals surface area contributed by atoms with Crippen LogP contribution >= 0.6 is 0 Å². The van der Waals surface area contributed by atoms with Crippen molar-refractivity contribution in [1.29, 1.82) is 0 Å². The number of hydrogen-bond acceptors (Lipinski definition) is 5. The highest BCUT2D eigenvalue weighted by molar-refractivity contribution is 5.75. The van der Waals surface area contributed by atoms with Crippen LogP contribution in [0.4, 0.5) is 4.39 Å². The van der Waals surface area contributed by atoms with E-state index in [2.05, 4.69) is 15.5 Å². The Morgan fingerprint density at radius 1 is 1.27 bits per heavy atom. The topological polar surface area (TPSA) is 88.2 Å². The van der Waals surface area contributed by atoms with Crippen LogP contribution in [0, 0.1) is 5.82 Å². The second-order valence-electron chi connectivity index (χ2n) is 4.84. The van der Waals surface area contributed by atoms with E-state index in [0.29, 0.717) is 31.6 Å². The summed E-state index contributed by atoms with van der Waals surface area (Å²) in [5, 5.41) is 15.2. The second kappa shape index (κ2) is 8.23. The fourth-order valence-electron chi connectivity index (χ4n) is 1.96. The molecule has 0 fully saturated rings. The van der Waals surface area contributed by atoms with E-state index >= 15 is 0 Å². The van der Waals surface area contributed by atoms with Gasteiger partial charge in [0.1, 0.15) is 12.4 Å². The summed E-state index contributed by atoms with van der Waals surface area (Å²) in [5.74, 6) is 0.316. The van der Waals surface area contributed by atoms with Crippen LogP contribution in [-0.2, 0) is 24.2 Å². The Morgan fingerprint density at radius 3 is 2.73 bits per heavy atom. The first-order chi connectivity index (χ1) is 10.7. The Bertz CT molecular complexity index is 598. The first kappa shape index (κ1) is 16.1. The van der Waals surface area contributed by atoms with Crippen LogP contribution in [0.25, 0.3) is 0 Å². The molecule has 1 heterocycles. The molecule has 0 radical (unpaired) electrons. The number of halogens is 1. The summed E-state index contributed by atoms with van der Waals surface area (Å²) in [6.07, 6.45) is 2.30. The molecular formula is C15H18FN3O3. The van der Waals surface area contributed by atoms with E-state index in [-0.39, 0.29) is 24.2 Å². The largest absolute Gasteiger partial charge is 0.387 e. The molecule has 2 N–H and O–H groups in total. The molecule has 0 aliphatic heterocycles. The maximum Gasteiger partial charge on any atom is 0.252 e. The molecule has 2 aromatic rings. The van der Waals surface area contributed by atoms with Gasteiger partial charge in [0.05, 0.1) is 0 Å². The number of amides is 1. The summed E-state index contributed by atoms with van der Waals surface area (Å²) < 4.78 is 17.5. The molecule has 22 heavy (non-hydrogen) atoms. The Hall–Kier alpha value is -2.28. The van der Waals surface area contributed by atoms with Crippen molar-refractivity contribution in [3.05, 3.63) is 47.4 Å². The lowest BCUT2D eigenvalue weighted by atomic mass is 10.1. The number of carbonyl (C=O) groups excluding carboxylic acids is 1. The molecule has 1 aromatic carbocycles. The summed E-state index contributed by atoms with van der Waals surface area (Å²) in [4.78, 5) is 15.6. The fourth-order valence-corrected chi connectivity index (χ4v) is 1.96. The van der Waals surface area contributed by atoms with Gasteiger partial charge in [-0.1, -0.05) is 17.3 Å². The number of benzene rings is 1. The van der Waals surface area contributed by atoms with Crippen molar-refractivity contribution in [2.75, 3.05) is 6.54 Å². The maximum absolute atomic E-state index is 12.7. The molecule has 0 aliphatic carbocycles. The van der Waals surface area contributed by atoms with Gasteiger partial charge in [0, 0.05) is 19.4 Å². The summed E-state index contributed by atoms with van der Waals surface area (Å²) in [7, 11) is 0. The second-order valence-corrected chi connectivity index (χ2v) is 4.84. The highest BCUT2D eigenvalue weighted by Crippen LogP contribution is 2.06. The number of aromatic nitrogens is 2. The van der Waals surface area contributed by atoms with Gasteiger partial charge in [-0.15, -0.1) is 0 Å². The number of aliphatic hydroxyl groups excluding tert-OH is 1. The van der Waals surface area contributed by atoms with Crippen LogP contribution < -0.4 is 5.32 Å². The lowest BCUT2D eigenvalue weighted by Gasteiger charge is -2.04. The molecule has 1 amide bonds. The lowest BCUT2D eigenvalue weighted by molar-refractivity contribution is -0.121. The predicted molar refractivity (Wildman–Crippen MR) is 76.3 cm³/mol. The van der Waals surface area contributed by atoms with Gasteiger partial charge in [-0.3, -0.25) is 4.79 Å². The van der Waals surface area contributed by atoms with E-state index < -0.39 is 0 Å². The van der Waals surface area contributed by atoms with Crippen LogP contribution in [0.1, 0.15) is 30.1 Å². The number of rotatable bonds is 8. The smallest absolute Gasteiger partial charge is 0.252 e. The highest BCUT2D eigenvalue weighted by atomic mass is 19.1. The van der Waals surface area contributed by atoms with Gasteiger partial charge < -0.3 is 14.9 Å². The minimum absolute atomic E-state index is 0.0482. The van der Waals surface area contributed by atoms with Gasteiger partial charge >= 0.3 is 0 Å². The maximum atomic E-state index is 12.7. The normalized spacial score (nSPS) is 10.6. The highest BCUT2D eigenvalue weighted by Gasteiger charge is 2.06. The average Bonchev–Trinajstić information content (AvgIpc) is 2.97.